The maximum atomic E-state index is 13.3. The van der Waals surface area contributed by atoms with Gasteiger partial charge in [0.1, 0.15) is 6.04 Å². The van der Waals surface area contributed by atoms with E-state index in [1.807, 2.05) is 36.4 Å². The molecule has 1 aromatic heterocycles. The normalized spacial score (nSPS) is 26.5. The Hall–Kier alpha value is -2.93. The molecule has 7 nitrogen and oxygen atoms in total. The van der Waals surface area contributed by atoms with Crippen LogP contribution in [0.2, 0.25) is 0 Å². The summed E-state index contributed by atoms with van der Waals surface area (Å²) in [4.78, 5) is 40.9. The molecule has 1 aliphatic carbocycles. The lowest BCUT2D eigenvalue weighted by molar-refractivity contribution is -0.154. The van der Waals surface area contributed by atoms with Crippen LogP contribution in [0.3, 0.4) is 0 Å². The number of amides is 1. The van der Waals surface area contributed by atoms with Crippen LogP contribution in [0, 0.1) is 17.8 Å². The molecule has 0 radical (unpaired) electrons. The summed E-state index contributed by atoms with van der Waals surface area (Å²) in [6.07, 6.45) is 2.44. The van der Waals surface area contributed by atoms with Crippen molar-refractivity contribution in [1.82, 2.24) is 9.47 Å². The van der Waals surface area contributed by atoms with Crippen molar-refractivity contribution in [2.75, 3.05) is 13.7 Å². The van der Waals surface area contributed by atoms with Crippen LogP contribution >= 0.6 is 0 Å². The fraction of sp³-hybridized carbons (Fsp3) is 0.458. The minimum absolute atomic E-state index is 0.100. The van der Waals surface area contributed by atoms with Crippen LogP contribution in [-0.4, -0.2) is 46.2 Å². The second-order valence-electron chi connectivity index (χ2n) is 8.83. The van der Waals surface area contributed by atoms with E-state index in [1.165, 1.54) is 7.11 Å². The molecule has 1 saturated carbocycles. The summed E-state index contributed by atoms with van der Waals surface area (Å²) in [7, 11) is 1.30. The highest BCUT2D eigenvalue weighted by Crippen LogP contribution is 2.50. The van der Waals surface area contributed by atoms with Gasteiger partial charge in [0, 0.05) is 42.7 Å². The zero-order chi connectivity index (χ0) is 21.7. The van der Waals surface area contributed by atoms with Crippen molar-refractivity contribution in [3.63, 3.8) is 0 Å². The maximum Gasteiger partial charge on any atom is 0.328 e. The standard InChI is InChI=1S/C24H26N2O5/c1-31-24(30)22-18(13-27)17-12-25-19(21(17)26(22)20(28)11-14-7-8-14)10-9-16(23(25)29)15-5-3-2-4-6-15/h2-6,9-10,14,17-18,21-22,27H,7-8,11-13H2,1H3/t17-,18-,21+,22-/m1/s1. The fourth-order valence-electron chi connectivity index (χ4n) is 5.37. The third kappa shape index (κ3) is 3.19. The van der Waals surface area contributed by atoms with Gasteiger partial charge in [0.05, 0.1) is 13.2 Å². The van der Waals surface area contributed by atoms with Crippen molar-refractivity contribution >= 4 is 11.9 Å². The van der Waals surface area contributed by atoms with Gasteiger partial charge in [-0.15, -0.1) is 0 Å². The van der Waals surface area contributed by atoms with Crippen LogP contribution in [0.5, 0.6) is 0 Å². The highest BCUT2D eigenvalue weighted by Gasteiger charge is 2.58. The third-order valence-electron chi connectivity index (χ3n) is 7.05. The van der Waals surface area contributed by atoms with Crippen LogP contribution in [0.1, 0.15) is 31.0 Å². The lowest BCUT2D eigenvalue weighted by Crippen LogP contribution is -2.46. The summed E-state index contributed by atoms with van der Waals surface area (Å²) >= 11 is 0. The summed E-state index contributed by atoms with van der Waals surface area (Å²) in [5.74, 6) is -0.929. The summed E-state index contributed by atoms with van der Waals surface area (Å²) in [5, 5.41) is 10.2. The third-order valence-corrected chi connectivity index (χ3v) is 7.05. The highest BCUT2D eigenvalue weighted by molar-refractivity contribution is 5.86. The van der Waals surface area contributed by atoms with Crippen LogP contribution in [-0.2, 0) is 20.9 Å². The fourth-order valence-corrected chi connectivity index (χ4v) is 5.37. The molecule has 1 amide bonds. The molecule has 162 valence electrons. The summed E-state index contributed by atoms with van der Waals surface area (Å²) in [6, 6.07) is 11.9. The van der Waals surface area contributed by atoms with Crippen molar-refractivity contribution in [2.24, 2.45) is 17.8 Å². The van der Waals surface area contributed by atoms with Crippen molar-refractivity contribution in [1.29, 1.82) is 0 Å². The Labute approximate surface area is 180 Å². The number of carbonyl (C=O) groups excluding carboxylic acids is 2. The smallest absolute Gasteiger partial charge is 0.328 e. The zero-order valence-electron chi connectivity index (χ0n) is 17.4. The van der Waals surface area contributed by atoms with Gasteiger partial charge in [-0.1, -0.05) is 30.3 Å². The van der Waals surface area contributed by atoms with E-state index in [0.717, 1.165) is 24.1 Å². The number of likely N-dealkylation sites (tertiary alicyclic amines) is 1. The average Bonchev–Trinajstić information content (AvgIpc) is 3.42. The van der Waals surface area contributed by atoms with E-state index in [0.29, 0.717) is 24.4 Å². The highest BCUT2D eigenvalue weighted by atomic mass is 16.5. The zero-order valence-corrected chi connectivity index (χ0v) is 17.4. The van der Waals surface area contributed by atoms with Crippen molar-refractivity contribution in [2.45, 2.75) is 37.9 Å². The van der Waals surface area contributed by atoms with Crippen LogP contribution in [0.15, 0.2) is 47.3 Å². The van der Waals surface area contributed by atoms with E-state index in [-0.39, 0.29) is 24.0 Å². The lowest BCUT2D eigenvalue weighted by atomic mass is 9.88. The van der Waals surface area contributed by atoms with Gasteiger partial charge >= 0.3 is 5.97 Å². The van der Waals surface area contributed by atoms with Crippen molar-refractivity contribution < 1.29 is 19.4 Å². The first-order chi connectivity index (χ1) is 15.0. The second kappa shape index (κ2) is 7.64. The van der Waals surface area contributed by atoms with Crippen LogP contribution in [0.4, 0.5) is 0 Å². The summed E-state index contributed by atoms with van der Waals surface area (Å²) in [6.45, 7) is 0.119. The first-order valence-electron chi connectivity index (χ1n) is 10.8. The molecule has 0 unspecified atom stereocenters. The van der Waals surface area contributed by atoms with Gasteiger partial charge in [-0.05, 0) is 36.5 Å². The molecular weight excluding hydrogens is 396 g/mol. The van der Waals surface area contributed by atoms with E-state index in [9.17, 15) is 19.5 Å². The monoisotopic (exact) mass is 422 g/mol. The molecule has 2 aromatic rings. The van der Waals surface area contributed by atoms with Gasteiger partial charge in [0.15, 0.2) is 0 Å². The second-order valence-corrected chi connectivity index (χ2v) is 8.83. The predicted octanol–water partition coefficient (Wildman–Crippen LogP) is 1.98. The molecule has 2 aliphatic heterocycles. The van der Waals surface area contributed by atoms with Crippen molar-refractivity contribution in [3.05, 3.63) is 58.5 Å². The van der Waals surface area contributed by atoms with E-state index >= 15 is 0 Å². The molecular formula is C24H26N2O5. The molecule has 1 aromatic carbocycles. The number of ether oxygens (including phenoxy) is 1. The number of carbonyl (C=O) groups is 2. The van der Waals surface area contributed by atoms with Gasteiger partial charge < -0.3 is 19.3 Å². The SMILES string of the molecule is COC(=O)[C@H]1[C@H](CO)[C@H]2Cn3c(ccc(-c4ccccc4)c3=O)[C@H]2N1C(=O)CC1CC1. The Bertz CT molecular complexity index is 1080. The number of aliphatic hydroxyl groups excluding tert-OH is 1. The van der Waals surface area contributed by atoms with E-state index < -0.39 is 24.0 Å². The van der Waals surface area contributed by atoms with Gasteiger partial charge in [-0.2, -0.15) is 0 Å². The Morgan fingerprint density at radius 3 is 2.52 bits per heavy atom. The Morgan fingerprint density at radius 1 is 1.13 bits per heavy atom. The molecule has 5 rings (SSSR count). The van der Waals surface area contributed by atoms with E-state index in [2.05, 4.69) is 0 Å². The number of aliphatic hydroxyl groups is 1. The molecule has 31 heavy (non-hydrogen) atoms. The molecule has 2 fully saturated rings. The molecule has 4 atom stereocenters. The number of fused-ring (bicyclic) bond motifs is 3. The Balaban J connectivity index is 1.59. The molecule has 1 N–H and O–H groups in total. The molecule has 0 spiro atoms. The van der Waals surface area contributed by atoms with E-state index in [4.69, 9.17) is 4.74 Å². The summed E-state index contributed by atoms with van der Waals surface area (Å²) in [5.41, 5.74) is 2.06. The van der Waals surface area contributed by atoms with E-state index in [1.54, 1.807) is 15.5 Å². The molecule has 7 heteroatoms. The minimum atomic E-state index is -0.825. The first kappa shape index (κ1) is 20.0. The van der Waals surface area contributed by atoms with Crippen LogP contribution in [0.25, 0.3) is 11.1 Å². The molecule has 1 saturated heterocycles. The number of methoxy groups -OCH3 is 1. The van der Waals surface area contributed by atoms with Crippen LogP contribution < -0.4 is 5.56 Å². The molecule has 0 bridgehead atoms. The molecule has 3 aliphatic rings. The van der Waals surface area contributed by atoms with Gasteiger partial charge in [0.25, 0.3) is 5.56 Å². The number of hydrogen-bond acceptors (Lipinski definition) is 5. The largest absolute Gasteiger partial charge is 0.467 e. The minimum Gasteiger partial charge on any atom is -0.467 e. The van der Waals surface area contributed by atoms with Gasteiger partial charge in [-0.3, -0.25) is 9.59 Å². The van der Waals surface area contributed by atoms with Gasteiger partial charge in [0.2, 0.25) is 5.91 Å². The Morgan fingerprint density at radius 2 is 1.87 bits per heavy atom. The number of hydrogen-bond donors (Lipinski definition) is 1. The predicted molar refractivity (Wildman–Crippen MR) is 113 cm³/mol. The van der Waals surface area contributed by atoms with Crippen molar-refractivity contribution in [3.8, 4) is 11.1 Å². The number of esters is 1. The molecule has 3 heterocycles. The number of aromatic nitrogens is 1. The lowest BCUT2D eigenvalue weighted by Gasteiger charge is -2.30. The Kier molecular flexibility index (Phi) is 4.93. The summed E-state index contributed by atoms with van der Waals surface area (Å²) < 4.78 is 6.72. The number of rotatable bonds is 5. The maximum absolute atomic E-state index is 13.3. The topological polar surface area (TPSA) is 88.8 Å². The quantitative estimate of drug-likeness (QED) is 0.745. The average molecular weight is 422 g/mol. The number of benzene rings is 1. The number of nitrogens with zero attached hydrogens (tertiary/aromatic N) is 2. The first-order valence-corrected chi connectivity index (χ1v) is 10.8. The number of pyridine rings is 1. The van der Waals surface area contributed by atoms with Gasteiger partial charge in [-0.25, -0.2) is 4.79 Å².